The molecule has 0 aliphatic carbocycles. The van der Waals surface area contributed by atoms with Crippen molar-refractivity contribution in [3.05, 3.63) is 12.2 Å². The minimum atomic E-state index is -0.833. The van der Waals surface area contributed by atoms with Crippen LogP contribution in [0.3, 0.4) is 0 Å². The third-order valence-electron chi connectivity index (χ3n) is 5.09. The first-order chi connectivity index (χ1) is 16.0. The van der Waals surface area contributed by atoms with E-state index < -0.39 is 5.97 Å². The highest BCUT2D eigenvalue weighted by molar-refractivity contribution is 5.75. The van der Waals surface area contributed by atoms with Crippen LogP contribution in [-0.4, -0.2) is 56.3 Å². The molecule has 0 unspecified atom stereocenters. The van der Waals surface area contributed by atoms with E-state index in [4.69, 9.17) is 15.6 Å². The number of nitrogens with two attached hydrogens (primary N) is 1. The summed E-state index contributed by atoms with van der Waals surface area (Å²) in [5.74, 6) is -0.648. The Balaban J connectivity index is 0. The monoisotopic (exact) mass is 470 g/mol. The molecule has 0 aliphatic heterocycles. The van der Waals surface area contributed by atoms with Crippen molar-refractivity contribution in [1.82, 2.24) is 16.0 Å². The molecule has 0 aromatic heterocycles. The molecule has 0 radical (unpaired) electrons. The summed E-state index contributed by atoms with van der Waals surface area (Å²) in [6.45, 7) is 8.24. The second-order valence-corrected chi connectivity index (χ2v) is 8.49. The number of amides is 1. The van der Waals surface area contributed by atoms with E-state index in [0.717, 1.165) is 39.5 Å². The molecular formula is C26H54N4O3. The molecule has 0 spiro atoms. The molecule has 7 nitrogen and oxygen atoms in total. The number of hydrogen-bond donors (Lipinski definition) is 5. The van der Waals surface area contributed by atoms with Crippen molar-refractivity contribution in [1.29, 1.82) is 0 Å². The van der Waals surface area contributed by atoms with Gasteiger partial charge in [-0.3, -0.25) is 9.59 Å². The zero-order valence-corrected chi connectivity index (χ0v) is 21.6. The van der Waals surface area contributed by atoms with Crippen molar-refractivity contribution in [3.8, 4) is 0 Å². The fourth-order valence-corrected chi connectivity index (χ4v) is 3.26. The van der Waals surface area contributed by atoms with E-state index in [0.29, 0.717) is 19.5 Å². The fraction of sp³-hybridized carbons (Fsp3) is 0.846. The van der Waals surface area contributed by atoms with Gasteiger partial charge >= 0.3 is 0 Å². The number of hydrogen-bond acceptors (Lipinski definition) is 5. The Morgan fingerprint density at radius 3 is 1.73 bits per heavy atom. The highest BCUT2D eigenvalue weighted by Gasteiger charge is 2.00. The van der Waals surface area contributed by atoms with Gasteiger partial charge < -0.3 is 26.8 Å². The average molecular weight is 471 g/mol. The molecule has 0 saturated heterocycles. The van der Waals surface area contributed by atoms with E-state index in [1.807, 2.05) is 0 Å². The van der Waals surface area contributed by atoms with E-state index in [9.17, 15) is 4.79 Å². The Kier molecular flexibility index (Phi) is 31.2. The summed E-state index contributed by atoms with van der Waals surface area (Å²) in [7, 11) is 0. The highest BCUT2D eigenvalue weighted by atomic mass is 16.4. The number of unbranched alkanes of at least 4 members (excludes halogenated alkanes) is 11. The molecule has 0 aromatic rings. The Bertz CT molecular complexity index is 441. The molecule has 0 heterocycles. The topological polar surface area (TPSA) is 116 Å². The standard InChI is InChI=1S/C24H50N4O.C2H4O2/c1-2-3-4-5-6-7-8-9-10-11-12-13-14-15-16-17-24(29)28-23-22-27-21-20-26-19-18-25;1-2(3)4/h9-10,26-27H,2-8,11-23,25H2,1H3,(H,28,29);1H3,(H,3,4). The smallest absolute Gasteiger partial charge is 0.300 e. The molecular weight excluding hydrogens is 416 g/mol. The number of carboxylic acid groups (broad SMARTS) is 1. The van der Waals surface area contributed by atoms with Gasteiger partial charge in [-0.15, -0.1) is 0 Å². The quantitative estimate of drug-likeness (QED) is 0.112. The van der Waals surface area contributed by atoms with Gasteiger partial charge in [-0.25, -0.2) is 0 Å². The largest absolute Gasteiger partial charge is 0.481 e. The molecule has 1 amide bonds. The van der Waals surface area contributed by atoms with Crippen molar-refractivity contribution in [2.24, 2.45) is 5.73 Å². The Hall–Kier alpha value is -1.44. The van der Waals surface area contributed by atoms with Crippen molar-refractivity contribution in [2.45, 2.75) is 104 Å². The third kappa shape index (κ3) is 38.2. The molecule has 196 valence electrons. The summed E-state index contributed by atoms with van der Waals surface area (Å²) >= 11 is 0. The normalized spacial score (nSPS) is 10.8. The van der Waals surface area contributed by atoms with Crippen LogP contribution in [0.5, 0.6) is 0 Å². The Labute approximate surface area is 203 Å². The molecule has 7 heteroatoms. The lowest BCUT2D eigenvalue weighted by Crippen LogP contribution is -2.35. The van der Waals surface area contributed by atoms with Gasteiger partial charge in [0.25, 0.3) is 5.97 Å². The predicted octanol–water partition coefficient (Wildman–Crippen LogP) is 4.37. The summed E-state index contributed by atoms with van der Waals surface area (Å²) in [6.07, 6.45) is 22.1. The second-order valence-electron chi connectivity index (χ2n) is 8.49. The van der Waals surface area contributed by atoms with Gasteiger partial charge in [0, 0.05) is 52.6 Å². The van der Waals surface area contributed by atoms with Crippen LogP contribution in [0, 0.1) is 0 Å². The van der Waals surface area contributed by atoms with Crippen molar-refractivity contribution < 1.29 is 14.7 Å². The average Bonchev–Trinajstić information content (AvgIpc) is 2.78. The molecule has 0 bridgehead atoms. The molecule has 0 aliphatic rings. The summed E-state index contributed by atoms with van der Waals surface area (Å²) in [5.41, 5.74) is 5.41. The molecule has 0 fully saturated rings. The summed E-state index contributed by atoms with van der Waals surface area (Å²) in [4.78, 5) is 20.8. The fourth-order valence-electron chi connectivity index (χ4n) is 3.26. The van der Waals surface area contributed by atoms with Crippen LogP contribution in [0.15, 0.2) is 12.2 Å². The van der Waals surface area contributed by atoms with Crippen molar-refractivity contribution in [2.75, 3.05) is 39.3 Å². The van der Waals surface area contributed by atoms with Crippen LogP contribution in [0.1, 0.15) is 104 Å². The number of carboxylic acids is 1. The lowest BCUT2D eigenvalue weighted by molar-refractivity contribution is -0.134. The number of rotatable bonds is 23. The first-order valence-electron chi connectivity index (χ1n) is 13.3. The Morgan fingerprint density at radius 2 is 1.18 bits per heavy atom. The molecule has 0 rings (SSSR count). The maximum absolute atomic E-state index is 11.8. The molecule has 0 atom stereocenters. The number of carbonyl (C=O) groups excluding carboxylic acids is 1. The van der Waals surface area contributed by atoms with Crippen LogP contribution in [-0.2, 0) is 9.59 Å². The first kappa shape index (κ1) is 33.7. The maximum Gasteiger partial charge on any atom is 0.300 e. The molecule has 0 saturated carbocycles. The van der Waals surface area contributed by atoms with Gasteiger partial charge in [0.1, 0.15) is 0 Å². The van der Waals surface area contributed by atoms with Gasteiger partial charge in [-0.1, -0.05) is 70.4 Å². The second kappa shape index (κ2) is 30.6. The minimum absolute atomic E-state index is 0.186. The van der Waals surface area contributed by atoms with Gasteiger partial charge in [-0.05, 0) is 32.1 Å². The lowest BCUT2D eigenvalue weighted by Gasteiger charge is -2.07. The van der Waals surface area contributed by atoms with Crippen molar-refractivity contribution >= 4 is 11.9 Å². The van der Waals surface area contributed by atoms with E-state index >= 15 is 0 Å². The SMILES string of the molecule is CC(=O)O.CCCCCCCCC=CCCCCCCCC(=O)NCCNCCNCCN. The lowest BCUT2D eigenvalue weighted by atomic mass is 10.1. The summed E-state index contributed by atoms with van der Waals surface area (Å²) in [5, 5.41) is 16.9. The van der Waals surface area contributed by atoms with Gasteiger partial charge in [0.15, 0.2) is 0 Å². The van der Waals surface area contributed by atoms with E-state index in [1.54, 1.807) is 0 Å². The molecule has 0 aromatic carbocycles. The molecule has 6 N–H and O–H groups in total. The van der Waals surface area contributed by atoms with Crippen LogP contribution < -0.4 is 21.7 Å². The number of allylic oxidation sites excluding steroid dienone is 2. The maximum atomic E-state index is 11.8. The third-order valence-corrected chi connectivity index (χ3v) is 5.09. The number of nitrogens with one attached hydrogen (secondary N) is 3. The first-order valence-corrected chi connectivity index (χ1v) is 13.3. The summed E-state index contributed by atoms with van der Waals surface area (Å²) < 4.78 is 0. The summed E-state index contributed by atoms with van der Waals surface area (Å²) in [6, 6.07) is 0. The number of aliphatic carboxylic acids is 1. The van der Waals surface area contributed by atoms with Gasteiger partial charge in [0.2, 0.25) is 5.91 Å². The molecule has 33 heavy (non-hydrogen) atoms. The van der Waals surface area contributed by atoms with Crippen LogP contribution in [0.25, 0.3) is 0 Å². The van der Waals surface area contributed by atoms with E-state index in [2.05, 4.69) is 35.0 Å². The van der Waals surface area contributed by atoms with Gasteiger partial charge in [0.05, 0.1) is 0 Å². The van der Waals surface area contributed by atoms with E-state index in [1.165, 1.54) is 77.0 Å². The zero-order chi connectivity index (χ0) is 24.8. The van der Waals surface area contributed by atoms with Crippen molar-refractivity contribution in [3.63, 3.8) is 0 Å². The minimum Gasteiger partial charge on any atom is -0.481 e. The van der Waals surface area contributed by atoms with Gasteiger partial charge in [-0.2, -0.15) is 0 Å². The van der Waals surface area contributed by atoms with Crippen LogP contribution >= 0.6 is 0 Å². The zero-order valence-electron chi connectivity index (χ0n) is 21.6. The van der Waals surface area contributed by atoms with Crippen LogP contribution in [0.2, 0.25) is 0 Å². The number of carbonyl (C=O) groups is 2. The highest BCUT2D eigenvalue weighted by Crippen LogP contribution is 2.09. The van der Waals surface area contributed by atoms with Crippen LogP contribution in [0.4, 0.5) is 0 Å². The predicted molar refractivity (Wildman–Crippen MR) is 141 cm³/mol. The Morgan fingerprint density at radius 1 is 0.727 bits per heavy atom. The van der Waals surface area contributed by atoms with E-state index in [-0.39, 0.29) is 5.91 Å².